The van der Waals surface area contributed by atoms with Crippen LogP contribution >= 0.6 is 0 Å². The van der Waals surface area contributed by atoms with Gasteiger partial charge in [-0.05, 0) is 44.4 Å². The number of carbonyl (C=O) groups excluding carboxylic acids is 1. The number of hydrogen-bond acceptors (Lipinski definition) is 3. The Kier molecular flexibility index (Phi) is 4.24. The Morgan fingerprint density at radius 3 is 2.81 bits per heavy atom. The van der Waals surface area contributed by atoms with Crippen LogP contribution in [0.5, 0.6) is 0 Å². The maximum absolute atomic E-state index is 12.5. The zero-order valence-electron chi connectivity index (χ0n) is 13.4. The van der Waals surface area contributed by atoms with Crippen LogP contribution in [0.1, 0.15) is 52.9 Å². The number of aliphatic hydroxyl groups is 1. The molecule has 0 amide bonds. The van der Waals surface area contributed by atoms with Gasteiger partial charge < -0.3 is 9.84 Å². The lowest BCUT2D eigenvalue weighted by Gasteiger charge is -2.39. The van der Waals surface area contributed by atoms with Gasteiger partial charge in [-0.25, -0.2) is 0 Å². The minimum absolute atomic E-state index is 0.00671. The molecule has 2 aliphatic heterocycles. The van der Waals surface area contributed by atoms with Gasteiger partial charge in [0, 0.05) is 18.3 Å². The second kappa shape index (κ2) is 5.85. The molecule has 1 aliphatic carbocycles. The minimum Gasteiger partial charge on any atom is -0.390 e. The maximum Gasteiger partial charge on any atom is 0.138 e. The fraction of sp³-hybridized carbons (Fsp3) is 0.833. The molecular weight excluding hydrogens is 264 g/mol. The van der Waals surface area contributed by atoms with Gasteiger partial charge in [0.05, 0.1) is 18.3 Å². The molecule has 1 saturated carbocycles. The Hall–Kier alpha value is -0.670. The third kappa shape index (κ3) is 2.70. The SMILES string of the molecule is C/C1=C/CC[C@@H](O)[C@@H]2O[C@H](C1)[C@H]1C(=O)CC[C@H](C(C)C)[C@@H]21. The van der Waals surface area contributed by atoms with Gasteiger partial charge in [0.15, 0.2) is 0 Å². The molecule has 1 saturated heterocycles. The zero-order valence-corrected chi connectivity index (χ0v) is 13.4. The number of Topliss-reactive ketones (excluding diaryl/α,β-unsaturated/α-hetero) is 1. The van der Waals surface area contributed by atoms with Crippen molar-refractivity contribution in [3.05, 3.63) is 11.6 Å². The van der Waals surface area contributed by atoms with E-state index in [4.69, 9.17) is 4.74 Å². The third-order valence-corrected chi connectivity index (χ3v) is 5.83. The molecule has 3 nitrogen and oxygen atoms in total. The first kappa shape index (κ1) is 15.2. The van der Waals surface area contributed by atoms with Gasteiger partial charge in [0.2, 0.25) is 0 Å². The number of hydrogen-bond donors (Lipinski definition) is 1. The van der Waals surface area contributed by atoms with Crippen molar-refractivity contribution >= 4 is 5.78 Å². The molecule has 0 aromatic carbocycles. The van der Waals surface area contributed by atoms with E-state index in [2.05, 4.69) is 26.8 Å². The predicted octanol–water partition coefficient (Wildman–Crippen LogP) is 3.11. The van der Waals surface area contributed by atoms with Gasteiger partial charge in [-0.1, -0.05) is 25.5 Å². The molecule has 3 aliphatic rings. The quantitative estimate of drug-likeness (QED) is 0.755. The van der Waals surface area contributed by atoms with Crippen LogP contribution in [0.25, 0.3) is 0 Å². The van der Waals surface area contributed by atoms with Crippen LogP contribution in [0.15, 0.2) is 11.6 Å². The molecule has 0 unspecified atom stereocenters. The molecule has 3 rings (SSSR count). The van der Waals surface area contributed by atoms with Crippen molar-refractivity contribution < 1.29 is 14.6 Å². The summed E-state index contributed by atoms with van der Waals surface area (Å²) in [5, 5.41) is 10.6. The van der Waals surface area contributed by atoms with Crippen molar-refractivity contribution in [3.8, 4) is 0 Å². The van der Waals surface area contributed by atoms with E-state index >= 15 is 0 Å². The molecular formula is C18H28O3. The Labute approximate surface area is 127 Å². The number of allylic oxidation sites excluding steroid dienone is 1. The highest BCUT2D eigenvalue weighted by molar-refractivity contribution is 5.83. The van der Waals surface area contributed by atoms with Crippen molar-refractivity contribution in [1.29, 1.82) is 0 Å². The largest absolute Gasteiger partial charge is 0.390 e. The molecule has 0 aromatic heterocycles. The Morgan fingerprint density at radius 2 is 2.10 bits per heavy atom. The van der Waals surface area contributed by atoms with Crippen LogP contribution in [0, 0.1) is 23.7 Å². The number of fused-ring (bicyclic) bond motifs is 5. The average molecular weight is 292 g/mol. The first-order valence-corrected chi connectivity index (χ1v) is 8.51. The van der Waals surface area contributed by atoms with E-state index < -0.39 is 6.10 Å². The lowest BCUT2D eigenvalue weighted by molar-refractivity contribution is -0.129. The summed E-state index contributed by atoms with van der Waals surface area (Å²) in [7, 11) is 0. The lowest BCUT2D eigenvalue weighted by Crippen LogP contribution is -2.44. The molecule has 0 spiro atoms. The predicted molar refractivity (Wildman–Crippen MR) is 81.8 cm³/mol. The van der Waals surface area contributed by atoms with E-state index in [1.807, 2.05) is 0 Å². The van der Waals surface area contributed by atoms with Crippen LogP contribution in [0.4, 0.5) is 0 Å². The Morgan fingerprint density at radius 1 is 1.33 bits per heavy atom. The highest BCUT2D eigenvalue weighted by atomic mass is 16.5. The molecule has 2 heterocycles. The second-order valence-electron chi connectivity index (χ2n) is 7.55. The fourth-order valence-corrected chi connectivity index (χ4v) is 4.79. The van der Waals surface area contributed by atoms with E-state index in [1.54, 1.807) is 0 Å². The highest BCUT2D eigenvalue weighted by Crippen LogP contribution is 2.49. The van der Waals surface area contributed by atoms with Crippen molar-refractivity contribution in [3.63, 3.8) is 0 Å². The average Bonchev–Trinajstić information content (AvgIpc) is 2.80. The van der Waals surface area contributed by atoms with Gasteiger partial charge in [-0.2, -0.15) is 0 Å². The standard InChI is InChI=1S/C18H28O3/c1-10(2)12-7-8-13(19)17-15-9-11(3)5-4-6-14(20)18(21-15)16(12)17/h5,10,12,14-18,20H,4,6-9H2,1-3H3/b11-5-/t12-,14-,15-,16-,17-,18+/m1/s1. The van der Waals surface area contributed by atoms with Crippen molar-refractivity contribution in [1.82, 2.24) is 0 Å². The zero-order chi connectivity index (χ0) is 15.1. The first-order chi connectivity index (χ1) is 9.99. The molecule has 118 valence electrons. The fourth-order valence-electron chi connectivity index (χ4n) is 4.79. The van der Waals surface area contributed by atoms with E-state index in [0.29, 0.717) is 24.0 Å². The first-order valence-electron chi connectivity index (χ1n) is 8.51. The van der Waals surface area contributed by atoms with Crippen LogP contribution in [-0.2, 0) is 9.53 Å². The number of ether oxygens (including phenoxy) is 1. The molecule has 3 heteroatoms. The van der Waals surface area contributed by atoms with E-state index in [0.717, 1.165) is 25.7 Å². The van der Waals surface area contributed by atoms with Gasteiger partial charge in [-0.15, -0.1) is 0 Å². The summed E-state index contributed by atoms with van der Waals surface area (Å²) in [5.41, 5.74) is 1.30. The minimum atomic E-state index is -0.434. The number of rotatable bonds is 1. The van der Waals surface area contributed by atoms with Gasteiger partial charge >= 0.3 is 0 Å². The number of aliphatic hydroxyl groups excluding tert-OH is 1. The van der Waals surface area contributed by atoms with Crippen molar-refractivity contribution in [2.45, 2.75) is 71.2 Å². The molecule has 2 bridgehead atoms. The summed E-state index contributed by atoms with van der Waals surface area (Å²) < 4.78 is 6.25. The van der Waals surface area contributed by atoms with Crippen molar-refractivity contribution in [2.24, 2.45) is 23.7 Å². The van der Waals surface area contributed by atoms with Crippen LogP contribution < -0.4 is 0 Å². The van der Waals surface area contributed by atoms with E-state index in [1.165, 1.54) is 5.57 Å². The van der Waals surface area contributed by atoms with Crippen LogP contribution in [0.3, 0.4) is 0 Å². The molecule has 2 fully saturated rings. The molecule has 1 N–H and O–H groups in total. The van der Waals surface area contributed by atoms with Gasteiger partial charge in [-0.3, -0.25) is 4.79 Å². The third-order valence-electron chi connectivity index (χ3n) is 5.83. The van der Waals surface area contributed by atoms with Crippen LogP contribution in [-0.4, -0.2) is 29.2 Å². The monoisotopic (exact) mass is 292 g/mol. The molecule has 0 radical (unpaired) electrons. The highest BCUT2D eigenvalue weighted by Gasteiger charge is 2.55. The summed E-state index contributed by atoms with van der Waals surface area (Å²) >= 11 is 0. The topological polar surface area (TPSA) is 46.5 Å². The number of carbonyl (C=O) groups is 1. The molecule has 6 atom stereocenters. The number of ketones is 1. The summed E-state index contributed by atoms with van der Waals surface area (Å²) in [4.78, 5) is 12.5. The van der Waals surface area contributed by atoms with Gasteiger partial charge in [0.1, 0.15) is 5.78 Å². The van der Waals surface area contributed by atoms with Crippen molar-refractivity contribution in [2.75, 3.05) is 0 Å². The molecule has 0 aromatic rings. The lowest BCUT2D eigenvalue weighted by atomic mass is 9.63. The second-order valence-corrected chi connectivity index (χ2v) is 7.55. The summed E-state index contributed by atoms with van der Waals surface area (Å²) in [6.07, 6.45) is 5.78. The summed E-state index contributed by atoms with van der Waals surface area (Å²) in [5.74, 6) is 1.64. The Balaban J connectivity index is 1.96. The Bertz CT molecular complexity index is 440. The van der Waals surface area contributed by atoms with Crippen LogP contribution in [0.2, 0.25) is 0 Å². The maximum atomic E-state index is 12.5. The normalized spacial score (nSPS) is 46.3. The summed E-state index contributed by atoms with van der Waals surface area (Å²) in [6, 6.07) is 0. The molecule has 21 heavy (non-hydrogen) atoms. The van der Waals surface area contributed by atoms with E-state index in [9.17, 15) is 9.90 Å². The summed E-state index contributed by atoms with van der Waals surface area (Å²) in [6.45, 7) is 6.60. The van der Waals surface area contributed by atoms with Gasteiger partial charge in [0.25, 0.3) is 0 Å². The van der Waals surface area contributed by atoms with E-state index in [-0.39, 0.29) is 24.0 Å². The smallest absolute Gasteiger partial charge is 0.138 e.